The van der Waals surface area contributed by atoms with E-state index in [4.69, 9.17) is 9.84 Å². The molecule has 0 aliphatic heterocycles. The molecular formula is C15H20O3. The van der Waals surface area contributed by atoms with E-state index < -0.39 is 5.97 Å². The molecule has 0 bridgehead atoms. The van der Waals surface area contributed by atoms with Gasteiger partial charge in [0.05, 0.1) is 12.2 Å². The van der Waals surface area contributed by atoms with E-state index in [1.54, 1.807) is 18.2 Å². The van der Waals surface area contributed by atoms with Gasteiger partial charge in [-0.1, -0.05) is 31.4 Å². The normalized spacial score (nSPS) is 16.7. The Morgan fingerprint density at radius 1 is 1.28 bits per heavy atom. The summed E-state index contributed by atoms with van der Waals surface area (Å²) in [6, 6.07) is 6.96. The molecule has 0 heterocycles. The molecule has 0 aromatic heterocycles. The fourth-order valence-electron chi connectivity index (χ4n) is 2.49. The quantitative estimate of drug-likeness (QED) is 0.867. The largest absolute Gasteiger partial charge is 0.478 e. The Hall–Kier alpha value is -1.35. The highest BCUT2D eigenvalue weighted by Crippen LogP contribution is 2.24. The molecule has 1 aromatic rings. The van der Waals surface area contributed by atoms with E-state index in [1.165, 1.54) is 32.1 Å². The maximum atomic E-state index is 10.8. The molecule has 1 aromatic carbocycles. The number of rotatable bonds is 5. The van der Waals surface area contributed by atoms with Crippen molar-refractivity contribution in [2.45, 2.75) is 38.7 Å². The van der Waals surface area contributed by atoms with E-state index in [1.807, 2.05) is 6.07 Å². The van der Waals surface area contributed by atoms with Gasteiger partial charge in [0.25, 0.3) is 0 Å². The van der Waals surface area contributed by atoms with Crippen molar-refractivity contribution >= 4 is 5.97 Å². The highest BCUT2D eigenvalue weighted by Gasteiger charge is 2.13. The first-order valence-corrected chi connectivity index (χ1v) is 6.65. The highest BCUT2D eigenvalue weighted by molar-refractivity contribution is 5.87. The van der Waals surface area contributed by atoms with Gasteiger partial charge in [-0.3, -0.25) is 0 Å². The van der Waals surface area contributed by atoms with Crippen LogP contribution in [0.15, 0.2) is 24.3 Å². The molecule has 3 nitrogen and oxygen atoms in total. The minimum absolute atomic E-state index is 0.328. The van der Waals surface area contributed by atoms with Crippen LogP contribution in [0.1, 0.15) is 48.0 Å². The van der Waals surface area contributed by atoms with Crippen molar-refractivity contribution in [1.82, 2.24) is 0 Å². The summed E-state index contributed by atoms with van der Waals surface area (Å²) in [6.45, 7) is 1.31. The van der Waals surface area contributed by atoms with Crippen LogP contribution in [0, 0.1) is 5.92 Å². The van der Waals surface area contributed by atoms with Crippen molar-refractivity contribution < 1.29 is 14.6 Å². The number of hydrogen-bond acceptors (Lipinski definition) is 2. The molecule has 98 valence electrons. The lowest BCUT2D eigenvalue weighted by Gasteiger charge is -2.21. The molecule has 1 fully saturated rings. The third-order valence-electron chi connectivity index (χ3n) is 3.52. The molecule has 1 aliphatic carbocycles. The molecule has 1 saturated carbocycles. The first-order chi connectivity index (χ1) is 8.75. The average Bonchev–Trinajstić information content (AvgIpc) is 2.40. The van der Waals surface area contributed by atoms with Gasteiger partial charge < -0.3 is 9.84 Å². The summed E-state index contributed by atoms with van der Waals surface area (Å²) in [5.41, 5.74) is 1.26. The van der Waals surface area contributed by atoms with Gasteiger partial charge in [-0.25, -0.2) is 4.79 Å². The molecule has 2 rings (SSSR count). The monoisotopic (exact) mass is 248 g/mol. The molecule has 0 unspecified atom stereocenters. The Balaban J connectivity index is 1.78. The second-order valence-corrected chi connectivity index (χ2v) is 5.02. The Kier molecular flexibility index (Phi) is 4.76. The van der Waals surface area contributed by atoms with Crippen LogP contribution in [-0.4, -0.2) is 17.7 Å². The van der Waals surface area contributed by atoms with Gasteiger partial charge in [0.1, 0.15) is 0 Å². The molecule has 0 spiro atoms. The van der Waals surface area contributed by atoms with Gasteiger partial charge in [-0.15, -0.1) is 0 Å². The SMILES string of the molecule is O=C(O)c1cccc(COCC2CCCCC2)c1. The van der Waals surface area contributed by atoms with E-state index in [0.29, 0.717) is 18.1 Å². The number of benzene rings is 1. The maximum Gasteiger partial charge on any atom is 0.335 e. The molecular weight excluding hydrogens is 228 g/mol. The highest BCUT2D eigenvalue weighted by atomic mass is 16.5. The van der Waals surface area contributed by atoms with Gasteiger partial charge in [0, 0.05) is 6.61 Å². The van der Waals surface area contributed by atoms with Crippen LogP contribution in [0.3, 0.4) is 0 Å². The number of carboxylic acids is 1. The number of hydrogen-bond donors (Lipinski definition) is 1. The predicted octanol–water partition coefficient (Wildman–Crippen LogP) is 3.48. The van der Waals surface area contributed by atoms with Crippen molar-refractivity contribution in [3.8, 4) is 0 Å². The Bertz CT molecular complexity index is 394. The number of carbonyl (C=O) groups is 1. The summed E-state index contributed by atoms with van der Waals surface area (Å²) < 4.78 is 5.70. The summed E-state index contributed by atoms with van der Waals surface area (Å²) in [6.07, 6.45) is 6.55. The standard InChI is InChI=1S/C15H20O3/c16-15(17)14-8-4-7-13(9-14)11-18-10-12-5-2-1-3-6-12/h4,7-9,12H,1-3,5-6,10-11H2,(H,16,17). The molecule has 1 N–H and O–H groups in total. The third-order valence-corrected chi connectivity index (χ3v) is 3.52. The number of aromatic carboxylic acids is 1. The topological polar surface area (TPSA) is 46.5 Å². The Labute approximate surface area is 108 Å². The predicted molar refractivity (Wildman–Crippen MR) is 69.6 cm³/mol. The molecule has 18 heavy (non-hydrogen) atoms. The smallest absolute Gasteiger partial charge is 0.335 e. The molecule has 1 aliphatic rings. The maximum absolute atomic E-state index is 10.8. The van der Waals surface area contributed by atoms with Crippen molar-refractivity contribution in [3.63, 3.8) is 0 Å². The summed E-state index contributed by atoms with van der Waals surface area (Å²) in [5, 5.41) is 8.90. The lowest BCUT2D eigenvalue weighted by atomic mass is 9.90. The van der Waals surface area contributed by atoms with E-state index >= 15 is 0 Å². The summed E-state index contributed by atoms with van der Waals surface area (Å²) in [4.78, 5) is 10.8. The van der Waals surface area contributed by atoms with E-state index in [2.05, 4.69) is 0 Å². The van der Waals surface area contributed by atoms with Gasteiger partial charge in [0.2, 0.25) is 0 Å². The van der Waals surface area contributed by atoms with Crippen LogP contribution in [0.5, 0.6) is 0 Å². The molecule has 0 atom stereocenters. The average molecular weight is 248 g/mol. The van der Waals surface area contributed by atoms with Crippen molar-refractivity contribution in [2.24, 2.45) is 5.92 Å². The lowest BCUT2D eigenvalue weighted by Crippen LogP contribution is -2.13. The summed E-state index contributed by atoms with van der Waals surface area (Å²) >= 11 is 0. The third kappa shape index (κ3) is 3.84. The summed E-state index contributed by atoms with van der Waals surface area (Å²) in [7, 11) is 0. The lowest BCUT2D eigenvalue weighted by molar-refractivity contribution is 0.0692. The van der Waals surface area contributed by atoms with Crippen LogP contribution in [0.25, 0.3) is 0 Å². The number of carboxylic acid groups (broad SMARTS) is 1. The zero-order valence-corrected chi connectivity index (χ0v) is 10.6. The fraction of sp³-hybridized carbons (Fsp3) is 0.533. The number of ether oxygens (including phenoxy) is 1. The zero-order valence-electron chi connectivity index (χ0n) is 10.6. The van der Waals surface area contributed by atoms with Crippen LogP contribution in [-0.2, 0) is 11.3 Å². The van der Waals surface area contributed by atoms with Crippen LogP contribution >= 0.6 is 0 Å². The van der Waals surface area contributed by atoms with Crippen molar-refractivity contribution in [3.05, 3.63) is 35.4 Å². The van der Waals surface area contributed by atoms with Crippen molar-refractivity contribution in [2.75, 3.05) is 6.61 Å². The second kappa shape index (κ2) is 6.55. The van der Waals surface area contributed by atoms with E-state index in [-0.39, 0.29) is 0 Å². The van der Waals surface area contributed by atoms with E-state index in [9.17, 15) is 4.79 Å². The van der Waals surface area contributed by atoms with Gasteiger partial charge in [0.15, 0.2) is 0 Å². The minimum atomic E-state index is -0.885. The molecule has 0 radical (unpaired) electrons. The molecule has 0 amide bonds. The van der Waals surface area contributed by atoms with Gasteiger partial charge in [-0.05, 0) is 36.5 Å². The zero-order chi connectivity index (χ0) is 12.8. The summed E-state index contributed by atoms with van der Waals surface area (Å²) in [5.74, 6) is -0.189. The minimum Gasteiger partial charge on any atom is -0.478 e. The first-order valence-electron chi connectivity index (χ1n) is 6.65. The Morgan fingerprint density at radius 2 is 2.06 bits per heavy atom. The van der Waals surface area contributed by atoms with Crippen LogP contribution in [0.4, 0.5) is 0 Å². The van der Waals surface area contributed by atoms with Crippen LogP contribution < -0.4 is 0 Å². The molecule has 0 saturated heterocycles. The molecule has 3 heteroatoms. The second-order valence-electron chi connectivity index (χ2n) is 5.02. The van der Waals surface area contributed by atoms with E-state index in [0.717, 1.165) is 12.2 Å². The fourth-order valence-corrected chi connectivity index (χ4v) is 2.49. The van der Waals surface area contributed by atoms with Crippen LogP contribution in [0.2, 0.25) is 0 Å². The Morgan fingerprint density at radius 3 is 2.78 bits per heavy atom. The first kappa shape index (κ1) is 13.1. The van der Waals surface area contributed by atoms with Gasteiger partial charge in [-0.2, -0.15) is 0 Å². The van der Waals surface area contributed by atoms with Crippen molar-refractivity contribution in [1.29, 1.82) is 0 Å². The van der Waals surface area contributed by atoms with Gasteiger partial charge >= 0.3 is 5.97 Å².